The second-order valence-electron chi connectivity index (χ2n) is 6.65. The molecule has 1 fully saturated rings. The average Bonchev–Trinajstić information content (AvgIpc) is 2.99. The molecule has 2 aromatic heterocycles. The summed E-state index contributed by atoms with van der Waals surface area (Å²) in [5.41, 5.74) is 1.39. The number of hydrogen-bond donors (Lipinski definition) is 1. The molecule has 1 aliphatic rings. The highest BCUT2D eigenvalue weighted by atomic mass is 79.9. The van der Waals surface area contributed by atoms with Gasteiger partial charge in [-0.3, -0.25) is 14.3 Å². The molecular formula is C19H19BrN4O3. The minimum Gasteiger partial charge on any atom is -0.408 e. The van der Waals surface area contributed by atoms with E-state index in [1.165, 1.54) is 0 Å². The molecule has 8 heteroatoms. The van der Waals surface area contributed by atoms with E-state index in [0.717, 1.165) is 35.9 Å². The van der Waals surface area contributed by atoms with Crippen molar-refractivity contribution in [2.45, 2.75) is 19.5 Å². The fraction of sp³-hybridized carbons (Fsp3) is 0.316. The molecule has 0 atom stereocenters. The van der Waals surface area contributed by atoms with Crippen molar-refractivity contribution in [3.63, 3.8) is 0 Å². The van der Waals surface area contributed by atoms with Crippen molar-refractivity contribution in [3.8, 4) is 0 Å². The summed E-state index contributed by atoms with van der Waals surface area (Å²) < 4.78 is 7.79. The predicted octanol–water partition coefficient (Wildman–Crippen LogP) is 3.06. The number of nitrogens with zero attached hydrogens (tertiary/aromatic N) is 3. The summed E-state index contributed by atoms with van der Waals surface area (Å²) in [6, 6.07) is 11.0. The molecule has 1 amide bonds. The number of para-hydroxylation sites is 2. The van der Waals surface area contributed by atoms with Crippen LogP contribution in [0, 0.1) is 5.92 Å². The molecule has 0 unspecified atom stereocenters. The Morgan fingerprint density at radius 3 is 2.74 bits per heavy atom. The quantitative estimate of drug-likeness (QED) is 0.687. The highest BCUT2D eigenvalue weighted by molar-refractivity contribution is 9.10. The van der Waals surface area contributed by atoms with Crippen LogP contribution in [-0.4, -0.2) is 33.4 Å². The van der Waals surface area contributed by atoms with Crippen LogP contribution in [0.2, 0.25) is 0 Å². The summed E-state index contributed by atoms with van der Waals surface area (Å²) in [4.78, 5) is 30.9. The summed E-state index contributed by atoms with van der Waals surface area (Å²) in [5.74, 6) is 0.152. The number of carbonyl (C=O) groups excluding carboxylic acids is 1. The molecule has 0 aliphatic carbocycles. The van der Waals surface area contributed by atoms with Gasteiger partial charge in [0.25, 0.3) is 0 Å². The molecule has 140 valence electrons. The molecule has 0 saturated carbocycles. The van der Waals surface area contributed by atoms with Gasteiger partial charge in [-0.15, -0.1) is 0 Å². The number of pyridine rings is 1. The van der Waals surface area contributed by atoms with Gasteiger partial charge in [0, 0.05) is 29.7 Å². The number of fused-ring (bicyclic) bond motifs is 1. The van der Waals surface area contributed by atoms with Crippen LogP contribution in [0.5, 0.6) is 0 Å². The maximum absolute atomic E-state index is 12.5. The van der Waals surface area contributed by atoms with Gasteiger partial charge >= 0.3 is 5.76 Å². The first-order valence-electron chi connectivity index (χ1n) is 8.83. The Balaban J connectivity index is 1.36. The third-order valence-electron chi connectivity index (χ3n) is 4.85. The van der Waals surface area contributed by atoms with Crippen molar-refractivity contribution in [2.75, 3.05) is 18.4 Å². The van der Waals surface area contributed by atoms with Crippen molar-refractivity contribution < 1.29 is 9.21 Å². The molecule has 1 aromatic carbocycles. The predicted molar refractivity (Wildman–Crippen MR) is 105 cm³/mol. The lowest BCUT2D eigenvalue weighted by Gasteiger charge is -2.31. The van der Waals surface area contributed by atoms with Gasteiger partial charge < -0.3 is 9.73 Å². The van der Waals surface area contributed by atoms with E-state index in [2.05, 4.69) is 31.1 Å². The van der Waals surface area contributed by atoms with Crippen LogP contribution in [0.25, 0.3) is 11.1 Å². The topological polar surface area (TPSA) is 80.4 Å². The monoisotopic (exact) mass is 430 g/mol. The van der Waals surface area contributed by atoms with Gasteiger partial charge in [0.15, 0.2) is 5.58 Å². The third kappa shape index (κ3) is 3.96. The summed E-state index contributed by atoms with van der Waals surface area (Å²) in [7, 11) is 0. The van der Waals surface area contributed by atoms with E-state index in [9.17, 15) is 9.59 Å². The molecule has 1 saturated heterocycles. The SMILES string of the molecule is O=C(Nc1ccc(Br)cn1)C1CCN(Cn2c(=O)oc3ccccc32)CC1. The molecule has 3 aromatic rings. The Kier molecular flexibility index (Phi) is 5.09. The Morgan fingerprint density at radius 2 is 2.00 bits per heavy atom. The molecular weight excluding hydrogens is 412 g/mol. The zero-order valence-electron chi connectivity index (χ0n) is 14.6. The Labute approximate surface area is 164 Å². The fourth-order valence-electron chi connectivity index (χ4n) is 3.36. The molecule has 0 radical (unpaired) electrons. The minimum atomic E-state index is -0.350. The zero-order valence-corrected chi connectivity index (χ0v) is 16.2. The highest BCUT2D eigenvalue weighted by Crippen LogP contribution is 2.21. The minimum absolute atomic E-state index is 0.00426. The van der Waals surface area contributed by atoms with Crippen molar-refractivity contribution in [1.82, 2.24) is 14.5 Å². The first-order valence-corrected chi connectivity index (χ1v) is 9.62. The number of piperidine rings is 1. The van der Waals surface area contributed by atoms with Crippen LogP contribution in [-0.2, 0) is 11.5 Å². The normalized spacial score (nSPS) is 15.9. The summed E-state index contributed by atoms with van der Waals surface area (Å²) in [6.45, 7) is 1.97. The Bertz CT molecular complexity index is 1000. The summed E-state index contributed by atoms with van der Waals surface area (Å²) in [6.07, 6.45) is 3.14. The van der Waals surface area contributed by atoms with Gasteiger partial charge in [0.1, 0.15) is 5.82 Å². The van der Waals surface area contributed by atoms with Gasteiger partial charge in [-0.2, -0.15) is 0 Å². The molecule has 7 nitrogen and oxygen atoms in total. The van der Waals surface area contributed by atoms with E-state index in [-0.39, 0.29) is 17.6 Å². The second kappa shape index (κ2) is 7.66. The number of carbonyl (C=O) groups is 1. The van der Waals surface area contributed by atoms with Crippen LogP contribution in [0.15, 0.2) is 56.3 Å². The number of nitrogens with one attached hydrogen (secondary N) is 1. The maximum atomic E-state index is 12.5. The molecule has 3 heterocycles. The summed E-state index contributed by atoms with van der Waals surface area (Å²) in [5, 5.41) is 2.87. The van der Waals surface area contributed by atoms with Crippen molar-refractivity contribution in [2.24, 2.45) is 5.92 Å². The summed E-state index contributed by atoms with van der Waals surface area (Å²) >= 11 is 3.33. The number of likely N-dealkylation sites (tertiary alicyclic amines) is 1. The molecule has 0 bridgehead atoms. The van der Waals surface area contributed by atoms with E-state index in [1.54, 1.807) is 22.9 Å². The van der Waals surface area contributed by atoms with Crippen LogP contribution in [0.1, 0.15) is 12.8 Å². The van der Waals surface area contributed by atoms with Gasteiger partial charge in [0.05, 0.1) is 12.2 Å². The van der Waals surface area contributed by atoms with Gasteiger partial charge in [-0.25, -0.2) is 9.78 Å². The van der Waals surface area contributed by atoms with E-state index >= 15 is 0 Å². The van der Waals surface area contributed by atoms with E-state index in [0.29, 0.717) is 18.1 Å². The first kappa shape index (κ1) is 17.9. The third-order valence-corrected chi connectivity index (χ3v) is 5.32. The lowest BCUT2D eigenvalue weighted by Crippen LogP contribution is -2.40. The maximum Gasteiger partial charge on any atom is 0.421 e. The largest absolute Gasteiger partial charge is 0.421 e. The second-order valence-corrected chi connectivity index (χ2v) is 7.56. The average molecular weight is 431 g/mol. The fourth-order valence-corrected chi connectivity index (χ4v) is 3.60. The number of rotatable bonds is 4. The van der Waals surface area contributed by atoms with Crippen molar-refractivity contribution in [3.05, 3.63) is 57.6 Å². The highest BCUT2D eigenvalue weighted by Gasteiger charge is 2.26. The standard InChI is InChI=1S/C19H19BrN4O3/c20-14-5-6-17(21-11-14)22-18(25)13-7-9-23(10-8-13)12-24-15-3-1-2-4-16(15)27-19(24)26/h1-6,11,13H,7-10,12H2,(H,21,22,25). The van der Waals surface area contributed by atoms with E-state index in [1.807, 2.05) is 24.3 Å². The van der Waals surface area contributed by atoms with Crippen molar-refractivity contribution >= 4 is 38.8 Å². The number of benzene rings is 1. The molecule has 1 N–H and O–H groups in total. The number of amides is 1. The van der Waals surface area contributed by atoms with Crippen LogP contribution in [0.4, 0.5) is 5.82 Å². The Morgan fingerprint density at radius 1 is 1.22 bits per heavy atom. The van der Waals surface area contributed by atoms with Crippen LogP contribution >= 0.6 is 15.9 Å². The number of halogens is 1. The van der Waals surface area contributed by atoms with Crippen LogP contribution in [0.3, 0.4) is 0 Å². The van der Waals surface area contributed by atoms with Gasteiger partial charge in [-0.05, 0) is 53.0 Å². The lowest BCUT2D eigenvalue weighted by molar-refractivity contribution is -0.121. The Hall–Kier alpha value is -2.45. The van der Waals surface area contributed by atoms with Crippen molar-refractivity contribution in [1.29, 1.82) is 0 Å². The smallest absolute Gasteiger partial charge is 0.408 e. The van der Waals surface area contributed by atoms with Gasteiger partial charge in [0.2, 0.25) is 5.91 Å². The number of aromatic nitrogens is 2. The van der Waals surface area contributed by atoms with E-state index < -0.39 is 0 Å². The first-order chi connectivity index (χ1) is 13.1. The van der Waals surface area contributed by atoms with Crippen LogP contribution < -0.4 is 11.1 Å². The lowest BCUT2D eigenvalue weighted by atomic mass is 9.96. The zero-order chi connectivity index (χ0) is 18.8. The number of hydrogen-bond acceptors (Lipinski definition) is 5. The molecule has 27 heavy (non-hydrogen) atoms. The van der Waals surface area contributed by atoms with E-state index in [4.69, 9.17) is 4.42 Å². The molecule has 0 spiro atoms. The number of anilines is 1. The van der Waals surface area contributed by atoms with Gasteiger partial charge in [-0.1, -0.05) is 12.1 Å². The molecule has 4 rings (SSSR count). The molecule has 1 aliphatic heterocycles. The number of oxazole rings is 1.